The molecule has 0 saturated heterocycles. The van der Waals surface area contributed by atoms with Gasteiger partial charge in [0.15, 0.2) is 0 Å². The highest BCUT2D eigenvalue weighted by molar-refractivity contribution is 6.30. The lowest BCUT2D eigenvalue weighted by Gasteiger charge is -2.23. The van der Waals surface area contributed by atoms with E-state index in [9.17, 15) is 4.79 Å². The fourth-order valence-corrected chi connectivity index (χ4v) is 1.90. The van der Waals surface area contributed by atoms with E-state index < -0.39 is 0 Å². The van der Waals surface area contributed by atoms with Crippen molar-refractivity contribution in [3.05, 3.63) is 34.9 Å². The zero-order valence-corrected chi connectivity index (χ0v) is 12.4. The fourth-order valence-electron chi connectivity index (χ4n) is 1.77. The lowest BCUT2D eigenvalue weighted by molar-refractivity contribution is -0.145. The Morgan fingerprint density at radius 1 is 1.26 bits per heavy atom. The molecule has 0 aliphatic rings. The highest BCUT2D eigenvalue weighted by Gasteiger charge is 2.18. The molecule has 106 valence electrons. The smallest absolute Gasteiger partial charge is 0.306 e. The maximum Gasteiger partial charge on any atom is 0.306 e. The van der Waals surface area contributed by atoms with Gasteiger partial charge in [-0.1, -0.05) is 37.6 Å². The number of rotatable bonds is 7. The second kappa shape index (κ2) is 7.51. The van der Waals surface area contributed by atoms with Crippen LogP contribution in [0.2, 0.25) is 5.02 Å². The molecule has 0 aliphatic carbocycles. The van der Waals surface area contributed by atoms with Gasteiger partial charge in [0.25, 0.3) is 0 Å². The SMILES string of the molecule is CC(C)(CCN)CCC(=O)OCc1ccc(Cl)cc1. The first-order valence-electron chi connectivity index (χ1n) is 6.53. The molecule has 1 aromatic rings. The van der Waals surface area contributed by atoms with E-state index in [0.717, 1.165) is 18.4 Å². The van der Waals surface area contributed by atoms with E-state index in [4.69, 9.17) is 22.1 Å². The zero-order valence-electron chi connectivity index (χ0n) is 11.6. The summed E-state index contributed by atoms with van der Waals surface area (Å²) in [5.41, 5.74) is 6.58. The molecule has 0 heterocycles. The van der Waals surface area contributed by atoms with E-state index in [0.29, 0.717) is 24.6 Å². The van der Waals surface area contributed by atoms with Crippen molar-refractivity contribution in [2.75, 3.05) is 6.54 Å². The molecule has 0 unspecified atom stereocenters. The Morgan fingerprint density at radius 3 is 2.47 bits per heavy atom. The van der Waals surface area contributed by atoms with E-state index in [-0.39, 0.29) is 11.4 Å². The Hall–Kier alpha value is -1.06. The summed E-state index contributed by atoms with van der Waals surface area (Å²) in [6.45, 7) is 5.18. The standard InChI is InChI=1S/C15H22ClNO2/c1-15(2,9-10-17)8-7-14(18)19-11-12-3-5-13(16)6-4-12/h3-6H,7-11,17H2,1-2H3. The van der Waals surface area contributed by atoms with Crippen LogP contribution in [0.1, 0.15) is 38.7 Å². The summed E-state index contributed by atoms with van der Waals surface area (Å²) < 4.78 is 5.23. The predicted octanol–water partition coefficient (Wildman–Crippen LogP) is 3.54. The van der Waals surface area contributed by atoms with Crippen molar-refractivity contribution in [3.63, 3.8) is 0 Å². The Kier molecular flexibility index (Phi) is 6.32. The summed E-state index contributed by atoms with van der Waals surface area (Å²) in [5.74, 6) is -0.167. The number of benzene rings is 1. The Bertz CT molecular complexity index is 401. The van der Waals surface area contributed by atoms with Crippen molar-refractivity contribution in [1.82, 2.24) is 0 Å². The molecule has 0 fully saturated rings. The Balaban J connectivity index is 2.30. The van der Waals surface area contributed by atoms with E-state index >= 15 is 0 Å². The van der Waals surface area contributed by atoms with Crippen LogP contribution in [-0.4, -0.2) is 12.5 Å². The minimum atomic E-state index is -0.167. The Labute approximate surface area is 120 Å². The largest absolute Gasteiger partial charge is 0.461 e. The second-order valence-electron chi connectivity index (χ2n) is 5.49. The minimum absolute atomic E-state index is 0.0913. The average molecular weight is 284 g/mol. The number of hydrogen-bond acceptors (Lipinski definition) is 3. The number of esters is 1. The van der Waals surface area contributed by atoms with Crippen molar-refractivity contribution in [2.24, 2.45) is 11.1 Å². The molecule has 0 aliphatic heterocycles. The maximum absolute atomic E-state index is 11.7. The maximum atomic E-state index is 11.7. The third kappa shape index (κ3) is 6.60. The number of carbonyl (C=O) groups excluding carboxylic acids is 1. The summed E-state index contributed by atoms with van der Waals surface area (Å²) in [4.78, 5) is 11.7. The van der Waals surface area contributed by atoms with Crippen LogP contribution in [0.15, 0.2) is 24.3 Å². The highest BCUT2D eigenvalue weighted by atomic mass is 35.5. The van der Waals surface area contributed by atoms with Gasteiger partial charge in [-0.3, -0.25) is 4.79 Å². The van der Waals surface area contributed by atoms with E-state index in [1.54, 1.807) is 12.1 Å². The van der Waals surface area contributed by atoms with Gasteiger partial charge in [-0.05, 0) is 42.5 Å². The lowest BCUT2D eigenvalue weighted by Crippen LogP contribution is -2.19. The molecule has 0 aromatic heterocycles. The van der Waals surface area contributed by atoms with Gasteiger partial charge in [0, 0.05) is 11.4 Å². The van der Waals surface area contributed by atoms with Crippen LogP contribution >= 0.6 is 11.6 Å². The van der Waals surface area contributed by atoms with Crippen molar-refractivity contribution >= 4 is 17.6 Å². The molecule has 1 aromatic carbocycles. The van der Waals surface area contributed by atoms with Gasteiger partial charge >= 0.3 is 5.97 Å². The molecule has 0 amide bonds. The first-order chi connectivity index (χ1) is 8.93. The van der Waals surface area contributed by atoms with Gasteiger partial charge in [-0.15, -0.1) is 0 Å². The van der Waals surface area contributed by atoms with Gasteiger partial charge < -0.3 is 10.5 Å². The molecule has 0 spiro atoms. The number of hydrogen-bond donors (Lipinski definition) is 1. The number of nitrogens with two attached hydrogens (primary N) is 1. The summed E-state index contributed by atoms with van der Waals surface area (Å²) in [5, 5.41) is 0.679. The third-order valence-corrected chi connectivity index (χ3v) is 3.39. The van der Waals surface area contributed by atoms with Crippen LogP contribution in [0.4, 0.5) is 0 Å². The molecule has 0 radical (unpaired) electrons. The summed E-state index contributed by atoms with van der Waals surface area (Å²) >= 11 is 5.79. The Morgan fingerprint density at radius 2 is 1.89 bits per heavy atom. The molecule has 19 heavy (non-hydrogen) atoms. The lowest BCUT2D eigenvalue weighted by atomic mass is 9.84. The molecule has 2 N–H and O–H groups in total. The molecular weight excluding hydrogens is 262 g/mol. The normalized spacial score (nSPS) is 11.4. The molecule has 0 bridgehead atoms. The topological polar surface area (TPSA) is 52.3 Å². The van der Waals surface area contributed by atoms with E-state index in [1.165, 1.54) is 0 Å². The summed E-state index contributed by atoms with van der Waals surface area (Å²) in [6.07, 6.45) is 2.14. The molecular formula is C15H22ClNO2. The van der Waals surface area contributed by atoms with Gasteiger partial charge in [0.05, 0.1) is 0 Å². The molecule has 0 saturated carbocycles. The predicted molar refractivity (Wildman–Crippen MR) is 77.9 cm³/mol. The average Bonchev–Trinajstić information content (AvgIpc) is 2.36. The van der Waals surface area contributed by atoms with Gasteiger partial charge in [-0.2, -0.15) is 0 Å². The van der Waals surface area contributed by atoms with Crippen LogP contribution in [0.25, 0.3) is 0 Å². The quantitative estimate of drug-likeness (QED) is 0.779. The monoisotopic (exact) mass is 283 g/mol. The third-order valence-electron chi connectivity index (χ3n) is 3.14. The van der Waals surface area contributed by atoms with Crippen LogP contribution in [0.3, 0.4) is 0 Å². The minimum Gasteiger partial charge on any atom is -0.461 e. The van der Waals surface area contributed by atoms with Crippen LogP contribution in [0.5, 0.6) is 0 Å². The van der Waals surface area contributed by atoms with Crippen LogP contribution < -0.4 is 5.73 Å². The van der Waals surface area contributed by atoms with Crippen molar-refractivity contribution in [1.29, 1.82) is 0 Å². The first kappa shape index (κ1) is 16.0. The van der Waals surface area contributed by atoms with Gasteiger partial charge in [0.2, 0.25) is 0 Å². The molecule has 1 rings (SSSR count). The first-order valence-corrected chi connectivity index (χ1v) is 6.91. The van der Waals surface area contributed by atoms with Crippen molar-refractivity contribution in [3.8, 4) is 0 Å². The molecule has 4 heteroatoms. The van der Waals surface area contributed by atoms with Gasteiger partial charge in [0.1, 0.15) is 6.61 Å². The molecule has 0 atom stereocenters. The van der Waals surface area contributed by atoms with E-state index in [1.807, 2.05) is 12.1 Å². The second-order valence-corrected chi connectivity index (χ2v) is 5.93. The van der Waals surface area contributed by atoms with E-state index in [2.05, 4.69) is 13.8 Å². The van der Waals surface area contributed by atoms with Crippen LogP contribution in [0, 0.1) is 5.41 Å². The summed E-state index contributed by atoms with van der Waals surface area (Å²) in [6, 6.07) is 7.28. The van der Waals surface area contributed by atoms with Crippen molar-refractivity contribution in [2.45, 2.75) is 39.7 Å². The highest BCUT2D eigenvalue weighted by Crippen LogP contribution is 2.26. The number of halogens is 1. The number of carbonyl (C=O) groups is 1. The van der Waals surface area contributed by atoms with Crippen LogP contribution in [-0.2, 0) is 16.1 Å². The van der Waals surface area contributed by atoms with Gasteiger partial charge in [-0.25, -0.2) is 0 Å². The summed E-state index contributed by atoms with van der Waals surface area (Å²) in [7, 11) is 0. The fraction of sp³-hybridized carbons (Fsp3) is 0.533. The zero-order chi connectivity index (χ0) is 14.3. The molecule has 3 nitrogen and oxygen atoms in total. The van der Waals surface area contributed by atoms with Crippen molar-refractivity contribution < 1.29 is 9.53 Å². The number of ether oxygens (including phenoxy) is 1.